The number of halogens is 2. The monoisotopic (exact) mass is 425 g/mol. The molecule has 5 rings (SSSR count). The minimum Gasteiger partial charge on any atom is -0.368 e. The molecule has 3 heterocycles. The van der Waals surface area contributed by atoms with Crippen LogP contribution in [0.25, 0.3) is 0 Å². The maximum Gasteiger partial charge on any atom is 0.276 e. The Hall–Kier alpha value is -3.33. The Kier molecular flexibility index (Phi) is 5.11. The third-order valence-corrected chi connectivity index (χ3v) is 5.80. The van der Waals surface area contributed by atoms with Crippen LogP contribution >= 0.6 is 0 Å². The van der Waals surface area contributed by atoms with Crippen molar-refractivity contribution < 1.29 is 18.3 Å². The second-order valence-electron chi connectivity index (χ2n) is 7.67. The molecule has 2 aromatic carbocycles. The average molecular weight is 425 g/mol. The lowest BCUT2D eigenvalue weighted by Crippen LogP contribution is -2.49. The van der Waals surface area contributed by atoms with Crippen molar-refractivity contribution >= 4 is 11.6 Å². The molecule has 160 valence electrons. The van der Waals surface area contributed by atoms with Crippen LogP contribution in [0.5, 0.6) is 0 Å². The lowest BCUT2D eigenvalue weighted by molar-refractivity contribution is -0.00199. The normalized spacial score (nSPS) is 18.7. The molecule has 0 radical (unpaired) electrons. The van der Waals surface area contributed by atoms with E-state index in [1.54, 1.807) is 33.8 Å². The van der Waals surface area contributed by atoms with Gasteiger partial charge < -0.3 is 14.5 Å². The van der Waals surface area contributed by atoms with E-state index in [9.17, 15) is 13.6 Å². The molecule has 1 saturated heterocycles. The van der Waals surface area contributed by atoms with Crippen LogP contribution in [0.1, 0.15) is 27.8 Å². The smallest absolute Gasteiger partial charge is 0.276 e. The molecule has 2 aliphatic heterocycles. The number of carbonyl (C=O) groups is 1. The molecule has 0 aliphatic carbocycles. The summed E-state index contributed by atoms with van der Waals surface area (Å²) in [5.74, 6) is -0.726. The first-order chi connectivity index (χ1) is 15.1. The maximum atomic E-state index is 13.2. The Morgan fingerprint density at radius 2 is 1.58 bits per heavy atom. The Morgan fingerprint density at radius 3 is 2.26 bits per heavy atom. The van der Waals surface area contributed by atoms with E-state index in [2.05, 4.69) is 15.2 Å². The first-order valence-electron chi connectivity index (χ1n) is 10.2. The van der Waals surface area contributed by atoms with Crippen LogP contribution in [-0.4, -0.2) is 52.0 Å². The summed E-state index contributed by atoms with van der Waals surface area (Å²) in [6.45, 7) is 3.03. The summed E-state index contributed by atoms with van der Waals surface area (Å²) in [5.41, 5.74) is 2.76. The van der Waals surface area contributed by atoms with E-state index in [4.69, 9.17) is 4.74 Å². The Balaban J connectivity index is 1.24. The molecule has 3 aromatic rings. The number of fused-ring (bicyclic) bond motifs is 1. The van der Waals surface area contributed by atoms with Crippen molar-refractivity contribution in [3.05, 3.63) is 77.1 Å². The molecule has 0 N–H and O–H groups in total. The van der Waals surface area contributed by atoms with Crippen molar-refractivity contribution in [2.24, 2.45) is 0 Å². The van der Waals surface area contributed by atoms with Gasteiger partial charge in [-0.05, 0) is 42.0 Å². The van der Waals surface area contributed by atoms with Gasteiger partial charge >= 0.3 is 0 Å². The SMILES string of the molecule is O=C(c1nnn2c1CO[C@@H](c1ccc(F)cc1)C2)N1CCN(c2ccc(F)cc2)CC1. The quantitative estimate of drug-likeness (QED) is 0.646. The minimum atomic E-state index is -0.298. The highest BCUT2D eigenvalue weighted by Crippen LogP contribution is 2.27. The van der Waals surface area contributed by atoms with Gasteiger partial charge in [-0.15, -0.1) is 5.10 Å². The van der Waals surface area contributed by atoms with E-state index in [1.807, 2.05) is 0 Å². The van der Waals surface area contributed by atoms with Gasteiger partial charge in [-0.2, -0.15) is 0 Å². The molecule has 1 aromatic heterocycles. The van der Waals surface area contributed by atoms with Crippen LogP contribution in [0.3, 0.4) is 0 Å². The molecular weight excluding hydrogens is 404 g/mol. The molecule has 9 heteroatoms. The fourth-order valence-electron chi connectivity index (χ4n) is 4.03. The van der Waals surface area contributed by atoms with Crippen LogP contribution in [0.15, 0.2) is 48.5 Å². The Labute approximate surface area is 177 Å². The standard InChI is InChI=1S/C22H21F2N5O2/c23-16-3-1-15(2-4-16)20-13-29-19(14-31-20)21(25-26-29)22(30)28-11-9-27(10-12-28)18-7-5-17(24)6-8-18/h1-8,20H,9-14H2/t20-/m1/s1. The lowest BCUT2D eigenvalue weighted by atomic mass is 10.1. The minimum absolute atomic E-state index is 0.163. The number of nitrogens with zero attached hydrogens (tertiary/aromatic N) is 5. The van der Waals surface area contributed by atoms with E-state index < -0.39 is 0 Å². The zero-order valence-electron chi connectivity index (χ0n) is 16.7. The highest BCUT2D eigenvalue weighted by atomic mass is 19.1. The molecule has 2 aliphatic rings. The van der Waals surface area contributed by atoms with Crippen molar-refractivity contribution in [1.82, 2.24) is 19.9 Å². The van der Waals surface area contributed by atoms with Crippen molar-refractivity contribution in [3.8, 4) is 0 Å². The number of rotatable bonds is 3. The van der Waals surface area contributed by atoms with Crippen LogP contribution in [-0.2, 0) is 17.9 Å². The fourth-order valence-corrected chi connectivity index (χ4v) is 4.03. The maximum absolute atomic E-state index is 13.2. The third-order valence-electron chi connectivity index (χ3n) is 5.80. The van der Waals surface area contributed by atoms with E-state index >= 15 is 0 Å². The van der Waals surface area contributed by atoms with E-state index in [0.29, 0.717) is 44.1 Å². The lowest BCUT2D eigenvalue weighted by Gasteiger charge is -2.36. The predicted molar refractivity (Wildman–Crippen MR) is 108 cm³/mol. The molecule has 1 amide bonds. The summed E-state index contributed by atoms with van der Waals surface area (Å²) in [5, 5.41) is 8.28. The van der Waals surface area contributed by atoms with Crippen molar-refractivity contribution in [3.63, 3.8) is 0 Å². The highest BCUT2D eigenvalue weighted by Gasteiger charge is 2.31. The molecule has 0 saturated carbocycles. The molecule has 1 atom stereocenters. The van der Waals surface area contributed by atoms with Crippen LogP contribution in [0.4, 0.5) is 14.5 Å². The number of benzene rings is 2. The Morgan fingerprint density at radius 1 is 0.935 bits per heavy atom. The van der Waals surface area contributed by atoms with Crippen LogP contribution in [0.2, 0.25) is 0 Å². The number of aromatic nitrogens is 3. The van der Waals surface area contributed by atoms with Gasteiger partial charge in [-0.25, -0.2) is 13.5 Å². The molecular formula is C22H21F2N5O2. The van der Waals surface area contributed by atoms with Gasteiger partial charge in [0.25, 0.3) is 5.91 Å². The summed E-state index contributed by atoms with van der Waals surface area (Å²) in [6.07, 6.45) is -0.267. The molecule has 0 unspecified atom stereocenters. The van der Waals surface area contributed by atoms with Crippen molar-refractivity contribution in [2.75, 3.05) is 31.1 Å². The number of hydrogen-bond acceptors (Lipinski definition) is 5. The van der Waals surface area contributed by atoms with Gasteiger partial charge in [0.1, 0.15) is 17.7 Å². The molecule has 0 spiro atoms. The Bertz CT molecular complexity index is 1080. The van der Waals surface area contributed by atoms with Crippen LogP contribution in [0, 0.1) is 11.6 Å². The number of anilines is 1. The summed E-state index contributed by atoms with van der Waals surface area (Å²) in [4.78, 5) is 16.9. The summed E-state index contributed by atoms with van der Waals surface area (Å²) in [7, 11) is 0. The topological polar surface area (TPSA) is 63.5 Å². The number of piperazine rings is 1. The summed E-state index contributed by atoms with van der Waals surface area (Å²) >= 11 is 0. The second kappa shape index (κ2) is 8.07. The van der Waals surface area contributed by atoms with Crippen LogP contribution < -0.4 is 4.90 Å². The molecule has 1 fully saturated rings. The van der Waals surface area contributed by atoms with Crippen molar-refractivity contribution in [1.29, 1.82) is 0 Å². The highest BCUT2D eigenvalue weighted by molar-refractivity contribution is 5.93. The van der Waals surface area contributed by atoms with Gasteiger partial charge in [0.15, 0.2) is 5.69 Å². The third kappa shape index (κ3) is 3.88. The first-order valence-corrected chi connectivity index (χ1v) is 10.2. The average Bonchev–Trinajstić information content (AvgIpc) is 3.23. The van der Waals surface area contributed by atoms with Gasteiger partial charge in [-0.1, -0.05) is 17.3 Å². The van der Waals surface area contributed by atoms with Crippen molar-refractivity contribution in [2.45, 2.75) is 19.3 Å². The molecule has 0 bridgehead atoms. The predicted octanol–water partition coefficient (Wildman–Crippen LogP) is 2.79. The van der Waals surface area contributed by atoms with E-state index in [1.165, 1.54) is 24.3 Å². The zero-order chi connectivity index (χ0) is 21.4. The largest absolute Gasteiger partial charge is 0.368 e. The second-order valence-corrected chi connectivity index (χ2v) is 7.67. The molecule has 31 heavy (non-hydrogen) atoms. The fraction of sp³-hybridized carbons (Fsp3) is 0.318. The number of amides is 1. The van der Waals surface area contributed by atoms with Gasteiger partial charge in [0.05, 0.1) is 18.8 Å². The van der Waals surface area contributed by atoms with E-state index in [0.717, 1.165) is 11.3 Å². The first kappa shape index (κ1) is 19.6. The number of ether oxygens (including phenoxy) is 1. The van der Waals surface area contributed by atoms with E-state index in [-0.39, 0.29) is 30.3 Å². The van der Waals surface area contributed by atoms with Gasteiger partial charge in [0, 0.05) is 31.9 Å². The summed E-state index contributed by atoms with van der Waals surface area (Å²) in [6, 6.07) is 12.5. The van der Waals surface area contributed by atoms with Gasteiger partial charge in [0.2, 0.25) is 0 Å². The summed E-state index contributed by atoms with van der Waals surface area (Å²) < 4.78 is 33.9. The molecule has 7 nitrogen and oxygen atoms in total. The number of carbonyl (C=O) groups excluding carboxylic acids is 1. The van der Waals surface area contributed by atoms with Gasteiger partial charge in [-0.3, -0.25) is 4.79 Å². The number of hydrogen-bond donors (Lipinski definition) is 0. The zero-order valence-corrected chi connectivity index (χ0v) is 16.7.